The first-order valence-corrected chi connectivity index (χ1v) is 8.65. The van der Waals surface area contributed by atoms with Crippen LogP contribution in [0.15, 0.2) is 55.1 Å². The smallest absolute Gasteiger partial charge is 0.303 e. The molecule has 0 aliphatic carbocycles. The average Bonchev–Trinajstić information content (AvgIpc) is 3.13. The van der Waals surface area contributed by atoms with Crippen LogP contribution in [0.5, 0.6) is 0 Å². The molecule has 3 aromatic rings. The molecule has 0 saturated carbocycles. The maximum absolute atomic E-state index is 13.2. The zero-order valence-electron chi connectivity index (χ0n) is 14.2. The van der Waals surface area contributed by atoms with Gasteiger partial charge in [-0.1, -0.05) is 18.2 Å². The van der Waals surface area contributed by atoms with Crippen LogP contribution in [-0.4, -0.2) is 32.9 Å². The first-order valence-electron chi connectivity index (χ1n) is 8.65. The summed E-state index contributed by atoms with van der Waals surface area (Å²) in [6.45, 7) is 0.533. The zero-order valence-corrected chi connectivity index (χ0v) is 14.2. The summed E-state index contributed by atoms with van der Waals surface area (Å²) in [6, 6.07) is 11.5. The number of para-hydroxylation sites is 1. The van der Waals surface area contributed by atoms with E-state index < -0.39 is 5.97 Å². The molecule has 1 atom stereocenters. The van der Waals surface area contributed by atoms with Crippen molar-refractivity contribution in [1.29, 1.82) is 0 Å². The van der Waals surface area contributed by atoms with E-state index >= 15 is 0 Å². The number of rotatable bonds is 4. The molecule has 0 saturated heterocycles. The Hall–Kier alpha value is -3.15. The fourth-order valence-corrected chi connectivity index (χ4v) is 3.59. The number of hydrogen-bond donors (Lipinski definition) is 1. The number of fused-ring (bicyclic) bond motifs is 2. The molecule has 1 amide bonds. The minimum atomic E-state index is -0.799. The second-order valence-corrected chi connectivity index (χ2v) is 6.69. The lowest BCUT2D eigenvalue weighted by molar-refractivity contribution is -0.137. The third kappa shape index (κ3) is 3.06. The number of nitrogens with zero attached hydrogens (tertiary/aromatic N) is 3. The van der Waals surface area contributed by atoms with Crippen LogP contribution in [0.2, 0.25) is 0 Å². The fraction of sp³-hybridized carbons (Fsp3) is 0.250. The Morgan fingerprint density at radius 2 is 2.04 bits per heavy atom. The van der Waals surface area contributed by atoms with Gasteiger partial charge < -0.3 is 14.4 Å². The number of imidazole rings is 1. The highest BCUT2D eigenvalue weighted by molar-refractivity contribution is 6.06. The van der Waals surface area contributed by atoms with Crippen molar-refractivity contribution < 1.29 is 14.7 Å². The maximum atomic E-state index is 13.2. The van der Waals surface area contributed by atoms with Crippen molar-refractivity contribution in [1.82, 2.24) is 9.38 Å². The normalized spacial score (nSPS) is 16.5. The van der Waals surface area contributed by atoms with Gasteiger partial charge in [0.15, 0.2) is 0 Å². The van der Waals surface area contributed by atoms with Crippen molar-refractivity contribution >= 4 is 23.1 Å². The van der Waals surface area contributed by atoms with Crippen LogP contribution in [0, 0.1) is 5.92 Å². The van der Waals surface area contributed by atoms with E-state index in [1.54, 1.807) is 23.6 Å². The summed E-state index contributed by atoms with van der Waals surface area (Å²) >= 11 is 0. The molecule has 0 spiro atoms. The molecule has 2 aromatic heterocycles. The highest BCUT2D eigenvalue weighted by Crippen LogP contribution is 2.32. The topological polar surface area (TPSA) is 74.9 Å². The number of aliphatic carboxylic acids is 1. The fourth-order valence-electron chi connectivity index (χ4n) is 3.59. The minimum absolute atomic E-state index is 0.0759. The molecule has 0 bridgehead atoms. The Morgan fingerprint density at radius 1 is 1.19 bits per heavy atom. The number of hydrogen-bond acceptors (Lipinski definition) is 3. The van der Waals surface area contributed by atoms with E-state index in [1.807, 2.05) is 40.8 Å². The Kier molecular flexibility index (Phi) is 4.16. The predicted octanol–water partition coefficient (Wildman–Crippen LogP) is 3.02. The molecule has 0 radical (unpaired) electrons. The second-order valence-electron chi connectivity index (χ2n) is 6.69. The summed E-state index contributed by atoms with van der Waals surface area (Å²) in [5.41, 5.74) is 3.52. The van der Waals surface area contributed by atoms with Gasteiger partial charge in [-0.2, -0.15) is 0 Å². The van der Waals surface area contributed by atoms with Crippen molar-refractivity contribution in [2.24, 2.45) is 5.92 Å². The van der Waals surface area contributed by atoms with Gasteiger partial charge in [-0.25, -0.2) is 4.98 Å². The van der Waals surface area contributed by atoms with Crippen molar-refractivity contribution in [2.75, 3.05) is 11.4 Å². The minimum Gasteiger partial charge on any atom is -0.481 e. The molecular formula is C20H19N3O3. The summed E-state index contributed by atoms with van der Waals surface area (Å²) in [4.78, 5) is 30.0. The molecule has 1 aliphatic rings. The number of carbonyl (C=O) groups excluding carboxylic acids is 1. The lowest BCUT2D eigenvalue weighted by Crippen LogP contribution is -2.40. The lowest BCUT2D eigenvalue weighted by atomic mass is 9.89. The molecule has 6 nitrogen and oxygen atoms in total. The van der Waals surface area contributed by atoms with Gasteiger partial charge in [0.1, 0.15) is 0 Å². The molecule has 1 unspecified atom stereocenters. The van der Waals surface area contributed by atoms with Gasteiger partial charge in [-0.15, -0.1) is 0 Å². The largest absolute Gasteiger partial charge is 0.481 e. The number of anilines is 1. The zero-order chi connectivity index (χ0) is 18.1. The van der Waals surface area contributed by atoms with E-state index in [9.17, 15) is 9.59 Å². The molecular weight excluding hydrogens is 330 g/mol. The van der Waals surface area contributed by atoms with Crippen molar-refractivity contribution in [3.05, 3.63) is 66.2 Å². The Labute approximate surface area is 150 Å². The molecule has 3 heterocycles. The average molecular weight is 349 g/mol. The van der Waals surface area contributed by atoms with Crippen LogP contribution < -0.4 is 4.90 Å². The standard InChI is InChI=1S/C20H19N3O3/c24-19(25)8-5-14-9-15-3-1-2-4-18(15)23(11-14)20(26)16-6-7-17-10-21-13-22(17)12-16/h1-4,6-7,10,12-14H,5,8-9,11H2,(H,24,25). The molecule has 1 aliphatic heterocycles. The quantitative estimate of drug-likeness (QED) is 0.786. The van der Waals surface area contributed by atoms with Crippen LogP contribution in [0.1, 0.15) is 28.8 Å². The van der Waals surface area contributed by atoms with E-state index in [4.69, 9.17) is 5.11 Å². The number of benzene rings is 1. The monoisotopic (exact) mass is 349 g/mol. The van der Waals surface area contributed by atoms with Crippen LogP contribution in [0.25, 0.3) is 5.52 Å². The van der Waals surface area contributed by atoms with Crippen molar-refractivity contribution in [3.63, 3.8) is 0 Å². The summed E-state index contributed by atoms with van der Waals surface area (Å²) in [6.07, 6.45) is 6.68. The molecule has 26 heavy (non-hydrogen) atoms. The molecule has 0 fully saturated rings. The van der Waals surface area contributed by atoms with Crippen LogP contribution in [0.4, 0.5) is 5.69 Å². The summed E-state index contributed by atoms with van der Waals surface area (Å²) < 4.78 is 1.82. The first kappa shape index (κ1) is 16.3. The van der Waals surface area contributed by atoms with Crippen LogP contribution in [-0.2, 0) is 11.2 Å². The van der Waals surface area contributed by atoms with Gasteiger partial charge in [0.25, 0.3) is 5.91 Å². The number of pyridine rings is 1. The molecule has 1 N–H and O–H groups in total. The Morgan fingerprint density at radius 3 is 2.88 bits per heavy atom. The van der Waals surface area contributed by atoms with E-state index in [0.717, 1.165) is 23.2 Å². The van der Waals surface area contributed by atoms with E-state index in [2.05, 4.69) is 4.98 Å². The lowest BCUT2D eigenvalue weighted by Gasteiger charge is -2.34. The SMILES string of the molecule is O=C(O)CCC1Cc2ccccc2N(C(=O)c2ccc3cncn3c2)C1. The van der Waals surface area contributed by atoms with Gasteiger partial charge in [0.2, 0.25) is 0 Å². The maximum Gasteiger partial charge on any atom is 0.303 e. The molecule has 4 rings (SSSR count). The predicted molar refractivity (Wildman–Crippen MR) is 97.4 cm³/mol. The number of carboxylic acids is 1. The number of carboxylic acid groups (broad SMARTS) is 1. The van der Waals surface area contributed by atoms with Gasteiger partial charge in [-0.05, 0) is 42.5 Å². The Balaban J connectivity index is 1.66. The molecule has 1 aromatic carbocycles. The van der Waals surface area contributed by atoms with Gasteiger partial charge in [-0.3, -0.25) is 9.59 Å². The van der Waals surface area contributed by atoms with Crippen LogP contribution in [0.3, 0.4) is 0 Å². The number of amides is 1. The first-order chi connectivity index (χ1) is 12.6. The van der Waals surface area contributed by atoms with E-state index in [1.165, 1.54) is 0 Å². The highest BCUT2D eigenvalue weighted by atomic mass is 16.4. The number of carbonyl (C=O) groups is 2. The third-order valence-corrected chi connectivity index (χ3v) is 4.90. The summed E-state index contributed by atoms with van der Waals surface area (Å²) in [5.74, 6) is -0.734. The summed E-state index contributed by atoms with van der Waals surface area (Å²) in [7, 11) is 0. The van der Waals surface area contributed by atoms with Crippen LogP contribution >= 0.6 is 0 Å². The second kappa shape index (κ2) is 6.63. The van der Waals surface area contributed by atoms with Crippen molar-refractivity contribution in [2.45, 2.75) is 19.3 Å². The third-order valence-electron chi connectivity index (χ3n) is 4.90. The Bertz CT molecular complexity index is 979. The van der Waals surface area contributed by atoms with Gasteiger partial charge in [0, 0.05) is 24.8 Å². The molecule has 132 valence electrons. The van der Waals surface area contributed by atoms with E-state index in [-0.39, 0.29) is 18.2 Å². The number of aromatic nitrogens is 2. The van der Waals surface area contributed by atoms with Gasteiger partial charge >= 0.3 is 5.97 Å². The highest BCUT2D eigenvalue weighted by Gasteiger charge is 2.29. The van der Waals surface area contributed by atoms with Gasteiger partial charge in [0.05, 0.1) is 23.6 Å². The summed E-state index contributed by atoms with van der Waals surface area (Å²) in [5, 5.41) is 8.98. The van der Waals surface area contributed by atoms with E-state index in [0.29, 0.717) is 18.5 Å². The van der Waals surface area contributed by atoms with Crippen molar-refractivity contribution in [3.8, 4) is 0 Å². The molecule has 6 heteroatoms.